The molecule has 24 heavy (non-hydrogen) atoms. The highest BCUT2D eigenvalue weighted by Gasteiger charge is 2.26. The third-order valence-electron chi connectivity index (χ3n) is 4.59. The van der Waals surface area contributed by atoms with Crippen molar-refractivity contribution in [1.29, 1.82) is 0 Å². The smallest absolute Gasteiger partial charge is 0.199 e. The van der Waals surface area contributed by atoms with E-state index in [0.29, 0.717) is 19.0 Å². The molecule has 0 aliphatic carbocycles. The number of aliphatic hydroxyl groups is 1. The molecule has 2 atom stereocenters. The number of benzene rings is 1. The lowest BCUT2D eigenvalue weighted by atomic mass is 9.97. The standard InChI is InChI=1S/C18H22N4O2/c23-15(13-22-10-4-8-19-22)12-21-9-3-5-14(11-21)18-20-16-6-1-2-7-17(16)24-18/h1-2,4,6-8,10,14-15,23H,3,5,9,11-13H2/t14-,15+/m0/s1. The number of hydrogen-bond acceptors (Lipinski definition) is 5. The Labute approximate surface area is 140 Å². The Morgan fingerprint density at radius 3 is 3.00 bits per heavy atom. The van der Waals surface area contributed by atoms with Crippen LogP contribution in [0.15, 0.2) is 47.1 Å². The molecular formula is C18H22N4O2. The van der Waals surface area contributed by atoms with Gasteiger partial charge in [0.05, 0.1) is 12.6 Å². The molecule has 0 saturated carbocycles. The second kappa shape index (κ2) is 6.75. The predicted octanol–water partition coefficient (Wildman–Crippen LogP) is 2.26. The van der Waals surface area contributed by atoms with Gasteiger partial charge in [-0.15, -0.1) is 0 Å². The Morgan fingerprint density at radius 1 is 1.25 bits per heavy atom. The van der Waals surface area contributed by atoms with E-state index in [1.54, 1.807) is 10.9 Å². The highest BCUT2D eigenvalue weighted by atomic mass is 16.3. The summed E-state index contributed by atoms with van der Waals surface area (Å²) in [6, 6.07) is 9.76. The third-order valence-corrected chi connectivity index (χ3v) is 4.59. The number of para-hydroxylation sites is 2. The average Bonchev–Trinajstić information content (AvgIpc) is 3.24. The van der Waals surface area contributed by atoms with Crippen LogP contribution in [0.3, 0.4) is 0 Å². The van der Waals surface area contributed by atoms with Crippen LogP contribution in [0.4, 0.5) is 0 Å². The molecule has 0 bridgehead atoms. The molecule has 6 nitrogen and oxygen atoms in total. The summed E-state index contributed by atoms with van der Waals surface area (Å²) < 4.78 is 7.70. The molecule has 0 radical (unpaired) electrons. The van der Waals surface area contributed by atoms with Gasteiger partial charge in [-0.25, -0.2) is 4.98 Å². The average molecular weight is 326 g/mol. The molecular weight excluding hydrogens is 304 g/mol. The number of piperidine rings is 1. The molecule has 0 amide bonds. The van der Waals surface area contributed by atoms with Crippen LogP contribution < -0.4 is 0 Å². The maximum atomic E-state index is 10.3. The number of nitrogens with zero attached hydrogens (tertiary/aromatic N) is 4. The lowest BCUT2D eigenvalue weighted by molar-refractivity contribution is 0.0783. The maximum Gasteiger partial charge on any atom is 0.199 e. The summed E-state index contributed by atoms with van der Waals surface area (Å²) >= 11 is 0. The third kappa shape index (κ3) is 3.34. The number of hydrogen-bond donors (Lipinski definition) is 1. The highest BCUT2D eigenvalue weighted by Crippen LogP contribution is 2.29. The van der Waals surface area contributed by atoms with E-state index in [4.69, 9.17) is 4.42 Å². The molecule has 0 unspecified atom stereocenters. The molecule has 1 N–H and O–H groups in total. The van der Waals surface area contributed by atoms with Gasteiger partial charge >= 0.3 is 0 Å². The van der Waals surface area contributed by atoms with Crippen LogP contribution in [0, 0.1) is 0 Å². The number of oxazole rings is 1. The quantitative estimate of drug-likeness (QED) is 0.779. The SMILES string of the molecule is O[C@H](CN1CCC[C@H](c2nc3ccccc3o2)C1)Cn1cccn1. The van der Waals surface area contributed by atoms with Crippen LogP contribution >= 0.6 is 0 Å². The van der Waals surface area contributed by atoms with Crippen LogP contribution in [-0.2, 0) is 6.54 Å². The summed E-state index contributed by atoms with van der Waals surface area (Å²) in [5.74, 6) is 1.12. The Hall–Kier alpha value is -2.18. The van der Waals surface area contributed by atoms with Gasteiger partial charge in [0.1, 0.15) is 5.52 Å². The van der Waals surface area contributed by atoms with Gasteiger partial charge in [-0.05, 0) is 37.6 Å². The first-order valence-electron chi connectivity index (χ1n) is 8.51. The van der Waals surface area contributed by atoms with Gasteiger partial charge in [0, 0.05) is 31.4 Å². The fourth-order valence-corrected chi connectivity index (χ4v) is 3.47. The summed E-state index contributed by atoms with van der Waals surface area (Å²) in [6.45, 7) is 3.06. The van der Waals surface area contributed by atoms with E-state index >= 15 is 0 Å². The van der Waals surface area contributed by atoms with E-state index < -0.39 is 6.10 Å². The maximum absolute atomic E-state index is 10.3. The second-order valence-electron chi connectivity index (χ2n) is 6.50. The number of rotatable bonds is 5. The fourth-order valence-electron chi connectivity index (χ4n) is 3.47. The summed E-state index contributed by atoms with van der Waals surface area (Å²) in [5.41, 5.74) is 1.77. The van der Waals surface area contributed by atoms with Gasteiger partial charge in [-0.3, -0.25) is 9.58 Å². The van der Waals surface area contributed by atoms with Crippen molar-refractivity contribution in [3.63, 3.8) is 0 Å². The van der Waals surface area contributed by atoms with Gasteiger partial charge in [0.25, 0.3) is 0 Å². The number of aliphatic hydroxyl groups excluding tert-OH is 1. The highest BCUT2D eigenvalue weighted by molar-refractivity contribution is 5.72. The van der Waals surface area contributed by atoms with Crippen molar-refractivity contribution >= 4 is 11.1 Å². The first-order valence-corrected chi connectivity index (χ1v) is 8.51. The van der Waals surface area contributed by atoms with Crippen molar-refractivity contribution in [3.05, 3.63) is 48.6 Å². The summed E-state index contributed by atoms with van der Waals surface area (Å²) in [5, 5.41) is 14.5. The zero-order valence-electron chi connectivity index (χ0n) is 13.6. The first kappa shape index (κ1) is 15.4. The Kier molecular flexibility index (Phi) is 4.32. The van der Waals surface area contributed by atoms with Crippen molar-refractivity contribution < 1.29 is 9.52 Å². The van der Waals surface area contributed by atoms with Crippen LogP contribution in [0.25, 0.3) is 11.1 Å². The van der Waals surface area contributed by atoms with Gasteiger partial charge in [0.15, 0.2) is 11.5 Å². The lowest BCUT2D eigenvalue weighted by Gasteiger charge is -2.32. The van der Waals surface area contributed by atoms with Crippen LogP contribution in [-0.4, -0.2) is 50.5 Å². The van der Waals surface area contributed by atoms with E-state index in [1.807, 2.05) is 36.5 Å². The lowest BCUT2D eigenvalue weighted by Crippen LogP contribution is -2.40. The molecule has 1 fully saturated rings. The van der Waals surface area contributed by atoms with Crippen LogP contribution in [0.5, 0.6) is 0 Å². The molecule has 1 aliphatic heterocycles. The summed E-state index contributed by atoms with van der Waals surface area (Å²) in [7, 11) is 0. The number of fused-ring (bicyclic) bond motifs is 1. The summed E-state index contributed by atoms with van der Waals surface area (Å²) in [6.07, 6.45) is 5.36. The minimum absolute atomic E-state index is 0.294. The normalized spacial score (nSPS) is 20.5. The summed E-state index contributed by atoms with van der Waals surface area (Å²) in [4.78, 5) is 6.94. The van der Waals surface area contributed by atoms with Crippen LogP contribution in [0.1, 0.15) is 24.7 Å². The minimum atomic E-state index is -0.424. The molecule has 0 spiro atoms. The Morgan fingerprint density at radius 2 is 2.17 bits per heavy atom. The largest absolute Gasteiger partial charge is 0.440 e. The fraction of sp³-hybridized carbons (Fsp3) is 0.444. The molecule has 3 aromatic rings. The molecule has 2 aromatic heterocycles. The van der Waals surface area contributed by atoms with E-state index in [0.717, 1.165) is 42.9 Å². The Balaban J connectivity index is 1.39. The van der Waals surface area contributed by atoms with Gasteiger partial charge in [-0.2, -0.15) is 5.10 Å². The van der Waals surface area contributed by atoms with Gasteiger partial charge in [0.2, 0.25) is 0 Å². The van der Waals surface area contributed by atoms with Crippen molar-refractivity contribution in [2.45, 2.75) is 31.4 Å². The van der Waals surface area contributed by atoms with E-state index in [1.165, 1.54) is 0 Å². The first-order chi connectivity index (χ1) is 11.8. The molecule has 1 aromatic carbocycles. The molecule has 1 saturated heterocycles. The minimum Gasteiger partial charge on any atom is -0.440 e. The topological polar surface area (TPSA) is 67.3 Å². The van der Waals surface area contributed by atoms with E-state index in [2.05, 4.69) is 15.0 Å². The second-order valence-corrected chi connectivity index (χ2v) is 6.50. The van der Waals surface area contributed by atoms with E-state index in [-0.39, 0.29) is 0 Å². The van der Waals surface area contributed by atoms with Gasteiger partial charge in [-0.1, -0.05) is 12.1 Å². The molecule has 1 aliphatic rings. The van der Waals surface area contributed by atoms with Crippen molar-refractivity contribution in [1.82, 2.24) is 19.7 Å². The van der Waals surface area contributed by atoms with Crippen molar-refractivity contribution in [2.24, 2.45) is 0 Å². The number of β-amino-alcohol motifs (C(OH)–C–C–N with tert-alkyl or cyclic N) is 1. The van der Waals surface area contributed by atoms with Crippen LogP contribution in [0.2, 0.25) is 0 Å². The molecule has 6 heteroatoms. The number of aromatic nitrogens is 3. The molecule has 126 valence electrons. The predicted molar refractivity (Wildman–Crippen MR) is 90.7 cm³/mol. The number of likely N-dealkylation sites (tertiary alicyclic amines) is 1. The van der Waals surface area contributed by atoms with Gasteiger partial charge < -0.3 is 9.52 Å². The van der Waals surface area contributed by atoms with Crippen molar-refractivity contribution in [3.8, 4) is 0 Å². The molecule has 4 rings (SSSR count). The Bertz CT molecular complexity index is 750. The zero-order valence-corrected chi connectivity index (χ0v) is 13.6. The molecule has 3 heterocycles. The van der Waals surface area contributed by atoms with Crippen molar-refractivity contribution in [2.75, 3.05) is 19.6 Å². The monoisotopic (exact) mass is 326 g/mol. The van der Waals surface area contributed by atoms with E-state index in [9.17, 15) is 5.11 Å². The zero-order chi connectivity index (χ0) is 16.4.